The van der Waals surface area contributed by atoms with Gasteiger partial charge in [0.05, 0.1) is 36.1 Å². The molecular weight excluding hydrogens is 413 g/mol. The molecular formula is C24H22FN3O2S. The summed E-state index contributed by atoms with van der Waals surface area (Å²) in [7, 11) is 1.58. The molecule has 0 unspecified atom stereocenters. The Morgan fingerprint density at radius 3 is 2.68 bits per heavy atom. The van der Waals surface area contributed by atoms with Gasteiger partial charge in [-0.3, -0.25) is 4.79 Å². The molecule has 0 fully saturated rings. The van der Waals surface area contributed by atoms with E-state index >= 15 is 0 Å². The van der Waals surface area contributed by atoms with Crippen LogP contribution in [0.3, 0.4) is 0 Å². The van der Waals surface area contributed by atoms with Crippen LogP contribution < -0.4 is 10.1 Å². The first-order valence-electron chi connectivity index (χ1n) is 9.80. The lowest BCUT2D eigenvalue weighted by Gasteiger charge is -2.12. The van der Waals surface area contributed by atoms with E-state index in [1.165, 1.54) is 23.9 Å². The Morgan fingerprint density at radius 1 is 1.13 bits per heavy atom. The lowest BCUT2D eigenvalue weighted by Crippen LogP contribution is -2.15. The number of methoxy groups -OCH3 is 1. The third kappa shape index (κ3) is 4.88. The lowest BCUT2D eigenvalue weighted by atomic mass is 10.2. The largest absolute Gasteiger partial charge is 0.495 e. The number of amides is 1. The van der Waals surface area contributed by atoms with Crippen LogP contribution in [-0.2, 0) is 11.3 Å². The normalized spacial score (nSPS) is 10.9. The minimum atomic E-state index is -0.267. The van der Waals surface area contributed by atoms with Gasteiger partial charge in [-0.1, -0.05) is 42.1 Å². The number of carbonyl (C=O) groups excluding carboxylic acids is 1. The zero-order valence-corrected chi connectivity index (χ0v) is 18.1. The number of fused-ring (bicyclic) bond motifs is 1. The maximum absolute atomic E-state index is 13.3. The number of para-hydroxylation sites is 2. The molecule has 0 saturated heterocycles. The van der Waals surface area contributed by atoms with E-state index in [4.69, 9.17) is 9.72 Å². The smallest absolute Gasteiger partial charge is 0.234 e. The maximum Gasteiger partial charge on any atom is 0.234 e. The number of aromatic nitrogens is 2. The Balaban J connectivity index is 1.53. The van der Waals surface area contributed by atoms with Crippen LogP contribution in [0.5, 0.6) is 5.75 Å². The second-order valence-electron chi connectivity index (χ2n) is 7.14. The topological polar surface area (TPSA) is 56.1 Å². The van der Waals surface area contributed by atoms with Gasteiger partial charge in [0.25, 0.3) is 0 Å². The Morgan fingerprint density at radius 2 is 1.90 bits per heavy atom. The van der Waals surface area contributed by atoms with Gasteiger partial charge in [0.1, 0.15) is 11.6 Å². The van der Waals surface area contributed by atoms with Crippen molar-refractivity contribution in [2.45, 2.75) is 18.6 Å². The van der Waals surface area contributed by atoms with Crippen LogP contribution in [0.25, 0.3) is 11.0 Å². The van der Waals surface area contributed by atoms with Crippen molar-refractivity contribution >= 4 is 34.4 Å². The summed E-state index contributed by atoms with van der Waals surface area (Å²) in [5, 5.41) is 3.65. The quantitative estimate of drug-likeness (QED) is 0.402. The van der Waals surface area contributed by atoms with Crippen LogP contribution in [0.4, 0.5) is 10.1 Å². The molecule has 1 aromatic heterocycles. The van der Waals surface area contributed by atoms with E-state index in [2.05, 4.69) is 5.32 Å². The van der Waals surface area contributed by atoms with E-state index in [0.717, 1.165) is 27.3 Å². The number of thioether (sulfide) groups is 1. The average molecular weight is 436 g/mol. The Kier molecular flexibility index (Phi) is 6.23. The van der Waals surface area contributed by atoms with Crippen LogP contribution in [0, 0.1) is 12.7 Å². The highest BCUT2D eigenvalue weighted by atomic mass is 32.2. The van der Waals surface area contributed by atoms with Gasteiger partial charge in [0, 0.05) is 0 Å². The van der Waals surface area contributed by atoms with Crippen molar-refractivity contribution in [1.82, 2.24) is 9.55 Å². The van der Waals surface area contributed by atoms with Crippen LogP contribution in [0.2, 0.25) is 0 Å². The minimum Gasteiger partial charge on any atom is -0.495 e. The number of nitrogens with zero attached hydrogens (tertiary/aromatic N) is 2. The highest BCUT2D eigenvalue weighted by Gasteiger charge is 2.14. The number of imidazole rings is 1. The monoisotopic (exact) mass is 435 g/mol. The number of benzene rings is 3. The summed E-state index contributed by atoms with van der Waals surface area (Å²) in [4.78, 5) is 17.3. The molecule has 158 valence electrons. The summed E-state index contributed by atoms with van der Waals surface area (Å²) in [5.41, 5.74) is 4.46. The first-order chi connectivity index (χ1) is 15.0. The average Bonchev–Trinajstić information content (AvgIpc) is 3.11. The summed E-state index contributed by atoms with van der Waals surface area (Å²) in [6.45, 7) is 2.50. The fraction of sp³-hybridized carbons (Fsp3) is 0.167. The molecule has 0 bridgehead atoms. The second kappa shape index (κ2) is 9.22. The first kappa shape index (κ1) is 20.9. The van der Waals surface area contributed by atoms with Crippen molar-refractivity contribution in [3.05, 3.63) is 83.7 Å². The van der Waals surface area contributed by atoms with Crippen molar-refractivity contribution in [2.75, 3.05) is 18.2 Å². The van der Waals surface area contributed by atoms with Crippen molar-refractivity contribution in [2.24, 2.45) is 0 Å². The first-order valence-corrected chi connectivity index (χ1v) is 10.8. The molecule has 0 spiro atoms. The Hall–Kier alpha value is -3.32. The predicted octanol–water partition coefficient (Wildman–Crippen LogP) is 5.27. The van der Waals surface area contributed by atoms with Gasteiger partial charge in [0.2, 0.25) is 5.91 Å². The van der Waals surface area contributed by atoms with E-state index in [-0.39, 0.29) is 17.5 Å². The number of aryl methyl sites for hydroxylation is 1. The summed E-state index contributed by atoms with van der Waals surface area (Å²) >= 11 is 1.37. The maximum atomic E-state index is 13.3. The van der Waals surface area contributed by atoms with Gasteiger partial charge in [-0.2, -0.15) is 0 Å². The number of hydrogen-bond donors (Lipinski definition) is 1. The molecule has 0 atom stereocenters. The zero-order valence-electron chi connectivity index (χ0n) is 17.3. The highest BCUT2D eigenvalue weighted by molar-refractivity contribution is 7.99. The third-order valence-corrected chi connectivity index (χ3v) is 5.81. The fourth-order valence-electron chi connectivity index (χ4n) is 3.32. The molecule has 0 aliphatic heterocycles. The van der Waals surface area contributed by atoms with Crippen LogP contribution in [0.15, 0.2) is 71.9 Å². The molecule has 4 rings (SSSR count). The fourth-order valence-corrected chi connectivity index (χ4v) is 4.14. The number of hydrogen-bond acceptors (Lipinski definition) is 4. The number of halogens is 1. The molecule has 7 heteroatoms. The van der Waals surface area contributed by atoms with Crippen molar-refractivity contribution in [3.63, 3.8) is 0 Å². The molecule has 0 saturated carbocycles. The third-order valence-electron chi connectivity index (χ3n) is 4.83. The van der Waals surface area contributed by atoms with Crippen molar-refractivity contribution < 1.29 is 13.9 Å². The summed E-state index contributed by atoms with van der Waals surface area (Å²) < 4.78 is 20.7. The van der Waals surface area contributed by atoms with Gasteiger partial charge >= 0.3 is 0 Å². The van der Waals surface area contributed by atoms with Crippen LogP contribution in [-0.4, -0.2) is 28.3 Å². The van der Waals surface area contributed by atoms with Crippen molar-refractivity contribution in [1.29, 1.82) is 0 Å². The number of carbonyl (C=O) groups is 1. The zero-order chi connectivity index (χ0) is 21.8. The molecule has 1 heterocycles. The van der Waals surface area contributed by atoms with Gasteiger partial charge < -0.3 is 14.6 Å². The van der Waals surface area contributed by atoms with Gasteiger partial charge in [-0.25, -0.2) is 9.37 Å². The number of rotatable bonds is 7. The minimum absolute atomic E-state index is 0.144. The summed E-state index contributed by atoms with van der Waals surface area (Å²) in [6, 6.07) is 19.9. The van der Waals surface area contributed by atoms with E-state index in [1.807, 2.05) is 54.0 Å². The van der Waals surface area contributed by atoms with Crippen LogP contribution >= 0.6 is 11.8 Å². The molecule has 3 aromatic carbocycles. The van der Waals surface area contributed by atoms with Gasteiger partial charge in [-0.05, 0) is 54.4 Å². The molecule has 0 aliphatic rings. The number of anilines is 1. The van der Waals surface area contributed by atoms with Crippen LogP contribution in [0.1, 0.15) is 11.1 Å². The number of nitrogens with one attached hydrogen (secondary N) is 1. The second-order valence-corrected chi connectivity index (χ2v) is 8.08. The number of ether oxygens (including phenoxy) is 1. The highest BCUT2D eigenvalue weighted by Crippen LogP contribution is 2.28. The molecule has 1 N–H and O–H groups in total. The Bertz CT molecular complexity index is 1220. The van der Waals surface area contributed by atoms with E-state index in [1.54, 1.807) is 19.2 Å². The SMILES string of the molecule is COc1ccc(C)cc1NC(=O)CSc1nc2ccccc2n1Cc1ccc(F)cc1. The molecule has 4 aromatic rings. The van der Waals surface area contributed by atoms with Gasteiger partial charge in [-0.15, -0.1) is 0 Å². The summed E-state index contributed by atoms with van der Waals surface area (Å²) in [6.07, 6.45) is 0. The lowest BCUT2D eigenvalue weighted by molar-refractivity contribution is -0.113. The predicted molar refractivity (Wildman–Crippen MR) is 122 cm³/mol. The Labute approximate surface area is 184 Å². The molecule has 0 aliphatic carbocycles. The molecule has 31 heavy (non-hydrogen) atoms. The van der Waals surface area contributed by atoms with E-state index < -0.39 is 0 Å². The molecule has 0 radical (unpaired) electrons. The van der Waals surface area contributed by atoms with E-state index in [9.17, 15) is 9.18 Å². The summed E-state index contributed by atoms with van der Waals surface area (Å²) in [5.74, 6) is 0.406. The molecule has 5 nitrogen and oxygen atoms in total. The van der Waals surface area contributed by atoms with E-state index in [0.29, 0.717) is 18.0 Å². The van der Waals surface area contributed by atoms with Crippen molar-refractivity contribution in [3.8, 4) is 5.75 Å². The van der Waals surface area contributed by atoms with Gasteiger partial charge in [0.15, 0.2) is 5.16 Å². The standard InChI is InChI=1S/C24H22FN3O2S/c1-16-7-12-22(30-2)20(13-16)26-23(29)15-31-24-27-19-5-3-4-6-21(19)28(24)14-17-8-10-18(25)11-9-17/h3-13H,14-15H2,1-2H3,(H,26,29). The molecule has 1 amide bonds.